The van der Waals surface area contributed by atoms with Gasteiger partial charge in [-0.3, -0.25) is 4.79 Å². The normalized spacial score (nSPS) is 14.5. The van der Waals surface area contributed by atoms with E-state index in [1.807, 2.05) is 18.2 Å². The summed E-state index contributed by atoms with van der Waals surface area (Å²) in [4.78, 5) is 14.6. The topological polar surface area (TPSA) is 63.7 Å². The molecule has 4 rings (SSSR count). The van der Waals surface area contributed by atoms with Crippen LogP contribution in [0, 0.1) is 5.82 Å². The highest BCUT2D eigenvalue weighted by Gasteiger charge is 2.39. The minimum Gasteiger partial charge on any atom is -0.480 e. The van der Waals surface area contributed by atoms with Gasteiger partial charge in [0.25, 0.3) is 5.91 Å². The summed E-state index contributed by atoms with van der Waals surface area (Å²) in [6, 6.07) is 14.7. The van der Waals surface area contributed by atoms with Crippen molar-refractivity contribution in [3.05, 3.63) is 83.2 Å². The average molecular weight is 508 g/mol. The lowest BCUT2D eigenvalue weighted by molar-refractivity contribution is -0.189. The van der Waals surface area contributed by atoms with Crippen LogP contribution in [-0.4, -0.2) is 37.8 Å². The standard InChI is InChI=1S/C25H21F4NO4S/c1-15(25(27,28)29)34-23-10-9-21(35(2,32)33)12-22(23)24(31)30-13-18-4-3-17(11-19(18)14-30)16-5-7-20(26)8-6-16/h3-12,15H,13-14H2,1-2H3/t15-/m0/s1. The molecule has 184 valence electrons. The van der Waals surface area contributed by atoms with Crippen molar-refractivity contribution in [3.63, 3.8) is 0 Å². The Bertz CT molecular complexity index is 1390. The van der Waals surface area contributed by atoms with E-state index in [0.717, 1.165) is 53.6 Å². The van der Waals surface area contributed by atoms with Crippen LogP contribution in [0.25, 0.3) is 11.1 Å². The largest absolute Gasteiger partial charge is 0.480 e. The fraction of sp³-hybridized carbons (Fsp3) is 0.240. The second-order valence-electron chi connectivity index (χ2n) is 8.38. The molecule has 35 heavy (non-hydrogen) atoms. The molecule has 0 spiro atoms. The molecule has 1 aliphatic rings. The maximum atomic E-state index is 13.4. The third-order valence-electron chi connectivity index (χ3n) is 5.77. The van der Waals surface area contributed by atoms with Gasteiger partial charge in [-0.2, -0.15) is 13.2 Å². The highest BCUT2D eigenvalue weighted by atomic mass is 32.2. The van der Waals surface area contributed by atoms with Crippen molar-refractivity contribution in [2.75, 3.05) is 6.26 Å². The number of rotatable bonds is 5. The Kier molecular flexibility index (Phi) is 6.35. The molecule has 5 nitrogen and oxygen atoms in total. The first-order valence-electron chi connectivity index (χ1n) is 10.6. The molecule has 0 unspecified atom stereocenters. The van der Waals surface area contributed by atoms with Crippen molar-refractivity contribution in [3.8, 4) is 16.9 Å². The van der Waals surface area contributed by atoms with Crippen molar-refractivity contribution in [1.29, 1.82) is 0 Å². The number of ether oxygens (including phenoxy) is 1. The number of hydrogen-bond acceptors (Lipinski definition) is 4. The first-order chi connectivity index (χ1) is 16.3. The minimum atomic E-state index is -4.67. The van der Waals surface area contributed by atoms with Crippen molar-refractivity contribution >= 4 is 15.7 Å². The van der Waals surface area contributed by atoms with E-state index >= 15 is 0 Å². The molecular formula is C25H21F4NO4S. The Balaban J connectivity index is 1.65. The molecule has 3 aromatic rings. The lowest BCUT2D eigenvalue weighted by Crippen LogP contribution is -2.32. The van der Waals surface area contributed by atoms with E-state index in [9.17, 15) is 30.8 Å². The number of benzene rings is 3. The molecule has 0 N–H and O–H groups in total. The maximum Gasteiger partial charge on any atom is 0.425 e. The van der Waals surface area contributed by atoms with Crippen LogP contribution >= 0.6 is 0 Å². The third kappa shape index (κ3) is 5.32. The summed E-state index contributed by atoms with van der Waals surface area (Å²) in [5, 5.41) is 0. The quantitative estimate of drug-likeness (QED) is 0.435. The van der Waals surface area contributed by atoms with E-state index in [1.54, 1.807) is 12.1 Å². The number of amides is 1. The molecule has 10 heteroatoms. The fourth-order valence-electron chi connectivity index (χ4n) is 3.80. The molecule has 0 aromatic heterocycles. The highest BCUT2D eigenvalue weighted by molar-refractivity contribution is 7.90. The molecule has 0 saturated heterocycles. The van der Waals surface area contributed by atoms with E-state index in [4.69, 9.17) is 4.74 Å². The molecule has 0 bridgehead atoms. The Morgan fingerprint density at radius 1 is 0.943 bits per heavy atom. The number of fused-ring (bicyclic) bond motifs is 1. The lowest BCUT2D eigenvalue weighted by Gasteiger charge is -2.22. The number of halogens is 4. The smallest absolute Gasteiger partial charge is 0.425 e. The predicted octanol–water partition coefficient (Wildman–Crippen LogP) is 5.38. The van der Waals surface area contributed by atoms with Crippen molar-refractivity contribution in [2.45, 2.75) is 37.2 Å². The molecule has 0 radical (unpaired) electrons. The van der Waals surface area contributed by atoms with E-state index in [0.29, 0.717) is 0 Å². The number of carbonyl (C=O) groups excluding carboxylic acids is 1. The third-order valence-corrected chi connectivity index (χ3v) is 6.88. The SMILES string of the molecule is C[C@H](Oc1ccc(S(C)(=O)=O)cc1C(=O)N1Cc2ccc(-c3ccc(F)cc3)cc2C1)C(F)(F)F. The summed E-state index contributed by atoms with van der Waals surface area (Å²) in [7, 11) is -3.72. The van der Waals surface area contributed by atoms with Crippen LogP contribution in [0.1, 0.15) is 28.4 Å². The van der Waals surface area contributed by atoms with Crippen molar-refractivity contribution in [2.24, 2.45) is 0 Å². The van der Waals surface area contributed by atoms with Gasteiger partial charge in [0.1, 0.15) is 11.6 Å². The van der Waals surface area contributed by atoms with Crippen LogP contribution in [0.4, 0.5) is 17.6 Å². The highest BCUT2D eigenvalue weighted by Crippen LogP contribution is 2.33. The lowest BCUT2D eigenvalue weighted by atomic mass is 10.0. The van der Waals surface area contributed by atoms with Gasteiger partial charge in [-0.05, 0) is 65.6 Å². The molecule has 0 fully saturated rings. The van der Waals surface area contributed by atoms with Gasteiger partial charge in [0.05, 0.1) is 10.5 Å². The maximum absolute atomic E-state index is 13.4. The summed E-state index contributed by atoms with van der Waals surface area (Å²) in [5.74, 6) is -1.37. The second kappa shape index (κ2) is 8.99. The minimum absolute atomic E-state index is 0.167. The first kappa shape index (κ1) is 24.7. The summed E-state index contributed by atoms with van der Waals surface area (Å²) < 4.78 is 81.6. The van der Waals surface area contributed by atoms with Gasteiger partial charge in [-0.15, -0.1) is 0 Å². The van der Waals surface area contributed by atoms with Gasteiger partial charge in [-0.1, -0.05) is 24.3 Å². The Hall–Kier alpha value is -3.40. The van der Waals surface area contributed by atoms with Gasteiger partial charge < -0.3 is 9.64 Å². The number of alkyl halides is 3. The molecule has 1 heterocycles. The van der Waals surface area contributed by atoms with Crippen molar-refractivity contribution in [1.82, 2.24) is 4.90 Å². The van der Waals surface area contributed by atoms with Gasteiger partial charge >= 0.3 is 6.18 Å². The second-order valence-corrected chi connectivity index (χ2v) is 10.4. The summed E-state index contributed by atoms with van der Waals surface area (Å²) in [6.45, 7) is 1.16. The number of nitrogens with zero attached hydrogens (tertiary/aromatic N) is 1. The Morgan fingerprint density at radius 3 is 2.20 bits per heavy atom. The zero-order valence-electron chi connectivity index (χ0n) is 18.8. The number of hydrogen-bond donors (Lipinski definition) is 0. The molecule has 3 aromatic carbocycles. The number of sulfone groups is 1. The molecule has 1 aliphatic heterocycles. The van der Waals surface area contributed by atoms with E-state index in [2.05, 4.69) is 0 Å². The molecule has 1 atom stereocenters. The van der Waals surface area contributed by atoms with Gasteiger partial charge in [-0.25, -0.2) is 12.8 Å². The van der Waals surface area contributed by atoms with Gasteiger partial charge in [0.2, 0.25) is 0 Å². The monoisotopic (exact) mass is 507 g/mol. The van der Waals surface area contributed by atoms with E-state index in [1.165, 1.54) is 17.0 Å². The van der Waals surface area contributed by atoms with Crippen molar-refractivity contribution < 1.29 is 35.5 Å². The molecule has 0 aliphatic carbocycles. The first-order valence-corrected chi connectivity index (χ1v) is 12.5. The molecule has 1 amide bonds. The summed E-state index contributed by atoms with van der Waals surface area (Å²) >= 11 is 0. The van der Waals surface area contributed by atoms with Crippen LogP contribution < -0.4 is 4.74 Å². The summed E-state index contributed by atoms with van der Waals surface area (Å²) in [5.41, 5.74) is 3.01. The predicted molar refractivity (Wildman–Crippen MR) is 121 cm³/mol. The van der Waals surface area contributed by atoms with Crippen LogP contribution in [0.2, 0.25) is 0 Å². The Labute approximate surface area is 199 Å². The average Bonchev–Trinajstić information content (AvgIpc) is 3.21. The van der Waals surface area contributed by atoms with Crippen LogP contribution in [-0.2, 0) is 22.9 Å². The van der Waals surface area contributed by atoms with Crippen LogP contribution in [0.15, 0.2) is 65.6 Å². The van der Waals surface area contributed by atoms with Crippen LogP contribution in [0.5, 0.6) is 5.75 Å². The van der Waals surface area contributed by atoms with Gasteiger partial charge in [0.15, 0.2) is 15.9 Å². The number of carbonyl (C=O) groups is 1. The van der Waals surface area contributed by atoms with Crippen LogP contribution in [0.3, 0.4) is 0 Å². The van der Waals surface area contributed by atoms with E-state index in [-0.39, 0.29) is 35.1 Å². The zero-order chi connectivity index (χ0) is 25.5. The molecular weight excluding hydrogens is 486 g/mol. The Morgan fingerprint density at radius 2 is 1.57 bits per heavy atom. The zero-order valence-corrected chi connectivity index (χ0v) is 19.6. The summed E-state index contributed by atoms with van der Waals surface area (Å²) in [6.07, 6.45) is -5.93. The van der Waals surface area contributed by atoms with Gasteiger partial charge in [0, 0.05) is 19.3 Å². The fourth-order valence-corrected chi connectivity index (χ4v) is 4.44. The van der Waals surface area contributed by atoms with E-state index < -0.39 is 28.0 Å². The molecule has 0 saturated carbocycles.